The van der Waals surface area contributed by atoms with Crippen molar-refractivity contribution < 1.29 is 14.7 Å². The van der Waals surface area contributed by atoms with Gasteiger partial charge in [-0.3, -0.25) is 14.2 Å². The van der Waals surface area contributed by atoms with Gasteiger partial charge in [0, 0.05) is 16.8 Å². The number of nitrogens with zero attached hydrogens (tertiary/aromatic N) is 4. The van der Waals surface area contributed by atoms with E-state index in [4.69, 9.17) is 0 Å². The summed E-state index contributed by atoms with van der Waals surface area (Å²) in [5, 5.41) is 26.2. The molecule has 2 aromatic carbocycles. The van der Waals surface area contributed by atoms with Crippen LogP contribution in [0.4, 0.5) is 5.82 Å². The zero-order chi connectivity index (χ0) is 23.7. The number of carbonyl (C=O) groups is 2. The van der Waals surface area contributed by atoms with E-state index in [1.54, 1.807) is 23.6 Å². The zero-order valence-electron chi connectivity index (χ0n) is 17.9. The summed E-state index contributed by atoms with van der Waals surface area (Å²) >= 11 is 0. The molecule has 0 spiro atoms. The van der Waals surface area contributed by atoms with Crippen molar-refractivity contribution in [2.24, 2.45) is 0 Å². The molecule has 0 aliphatic rings. The highest BCUT2D eigenvalue weighted by Crippen LogP contribution is 2.29. The number of hydrogen-bond acceptors (Lipinski definition) is 5. The number of fused-ring (bicyclic) bond motifs is 1. The smallest absolute Gasteiger partial charge is 0.357 e. The third-order valence-electron chi connectivity index (χ3n) is 5.46. The molecule has 0 aliphatic carbocycles. The van der Waals surface area contributed by atoms with Crippen LogP contribution in [0.1, 0.15) is 27.3 Å². The lowest BCUT2D eigenvalue weighted by molar-refractivity contribution is -0.117. The van der Waals surface area contributed by atoms with Gasteiger partial charge in [-0.15, -0.1) is 0 Å². The Kier molecular flexibility index (Phi) is 5.50. The van der Waals surface area contributed by atoms with Crippen LogP contribution >= 0.6 is 0 Å². The fourth-order valence-electron chi connectivity index (χ4n) is 3.77. The summed E-state index contributed by atoms with van der Waals surface area (Å²) in [5.41, 5.74) is 1.64. The van der Waals surface area contributed by atoms with Gasteiger partial charge in [0.2, 0.25) is 5.91 Å². The number of carboxylic acid groups (broad SMARTS) is 1. The number of anilines is 1. The van der Waals surface area contributed by atoms with Crippen molar-refractivity contribution in [3.8, 4) is 11.8 Å². The first-order valence-electron chi connectivity index (χ1n) is 10.0. The number of amides is 1. The maximum absolute atomic E-state index is 12.9. The van der Waals surface area contributed by atoms with Crippen LogP contribution in [0.15, 0.2) is 59.4 Å². The summed E-state index contributed by atoms with van der Waals surface area (Å²) in [6, 6.07) is 17.6. The number of carbonyl (C=O) groups excluding carboxylic acids is 1. The molecule has 0 bridgehead atoms. The molecule has 0 aliphatic heterocycles. The van der Waals surface area contributed by atoms with Crippen molar-refractivity contribution in [2.45, 2.75) is 20.4 Å². The largest absolute Gasteiger partial charge is 0.476 e. The van der Waals surface area contributed by atoms with Gasteiger partial charge in [-0.1, -0.05) is 36.4 Å². The van der Waals surface area contributed by atoms with Crippen LogP contribution in [0.25, 0.3) is 16.5 Å². The maximum atomic E-state index is 12.9. The summed E-state index contributed by atoms with van der Waals surface area (Å²) in [4.78, 5) is 37.4. The quantitative estimate of drug-likeness (QED) is 0.490. The van der Waals surface area contributed by atoms with Crippen molar-refractivity contribution in [1.29, 1.82) is 5.26 Å². The molecule has 4 rings (SSSR count). The second-order valence-electron chi connectivity index (χ2n) is 7.43. The molecule has 0 saturated carbocycles. The number of hydrogen-bond donors (Lipinski definition) is 2. The fourth-order valence-corrected chi connectivity index (χ4v) is 3.77. The van der Waals surface area contributed by atoms with Gasteiger partial charge in [-0.05, 0) is 37.6 Å². The fraction of sp³-hybridized carbons (Fsp3) is 0.125. The lowest BCUT2D eigenvalue weighted by Gasteiger charge is -2.14. The van der Waals surface area contributed by atoms with Gasteiger partial charge in [0.1, 0.15) is 18.4 Å². The van der Waals surface area contributed by atoms with Gasteiger partial charge in [-0.25, -0.2) is 9.48 Å². The minimum absolute atomic E-state index is 0.148. The predicted molar refractivity (Wildman–Crippen MR) is 122 cm³/mol. The Balaban J connectivity index is 1.76. The number of carboxylic acids is 1. The Morgan fingerprint density at radius 1 is 1.06 bits per heavy atom. The van der Waals surface area contributed by atoms with Gasteiger partial charge in [-0.2, -0.15) is 10.4 Å². The minimum atomic E-state index is -1.31. The van der Waals surface area contributed by atoms with E-state index < -0.39 is 24.0 Å². The summed E-state index contributed by atoms with van der Waals surface area (Å²) in [6.45, 7) is 3.11. The minimum Gasteiger partial charge on any atom is -0.476 e. The Morgan fingerprint density at radius 2 is 1.70 bits per heavy atom. The van der Waals surface area contributed by atoms with E-state index in [-0.39, 0.29) is 22.3 Å². The molecule has 0 radical (unpaired) electrons. The molecule has 2 aromatic heterocycles. The highest BCUT2D eigenvalue weighted by molar-refractivity contribution is 6.01. The third-order valence-corrected chi connectivity index (χ3v) is 5.46. The zero-order valence-corrected chi connectivity index (χ0v) is 17.9. The molecule has 1 amide bonds. The number of benzene rings is 2. The van der Waals surface area contributed by atoms with Crippen LogP contribution in [0.3, 0.4) is 0 Å². The average molecular weight is 441 g/mol. The topological polar surface area (TPSA) is 130 Å². The van der Waals surface area contributed by atoms with Gasteiger partial charge in [0.25, 0.3) is 5.56 Å². The molecule has 0 atom stereocenters. The monoisotopic (exact) mass is 441 g/mol. The van der Waals surface area contributed by atoms with Gasteiger partial charge in [0.05, 0.1) is 10.9 Å². The van der Waals surface area contributed by atoms with Crippen molar-refractivity contribution in [3.63, 3.8) is 0 Å². The molecule has 33 heavy (non-hydrogen) atoms. The number of rotatable bonds is 5. The first-order valence-corrected chi connectivity index (χ1v) is 10.0. The van der Waals surface area contributed by atoms with Crippen LogP contribution in [-0.2, 0) is 11.3 Å². The van der Waals surface area contributed by atoms with E-state index in [0.717, 1.165) is 16.1 Å². The second-order valence-corrected chi connectivity index (χ2v) is 7.43. The molecular formula is C24H19N5O4. The molecule has 2 heterocycles. The standard InChI is InChI=1S/C24H19N5O4/c1-14-15(2)29(16-8-4-3-5-9-16)22(19(14)12-25)26-20(30)13-28-23(31)18-11-7-6-10-17(18)21(27-28)24(32)33/h3-11H,13H2,1-2H3,(H,26,30)(H,32,33). The lowest BCUT2D eigenvalue weighted by Crippen LogP contribution is -2.32. The normalized spacial score (nSPS) is 10.7. The van der Waals surface area contributed by atoms with Crippen molar-refractivity contribution >= 4 is 28.5 Å². The highest BCUT2D eigenvalue weighted by Gasteiger charge is 2.22. The molecule has 0 fully saturated rings. The summed E-state index contributed by atoms with van der Waals surface area (Å²) in [7, 11) is 0. The third kappa shape index (κ3) is 3.74. The maximum Gasteiger partial charge on any atom is 0.357 e. The van der Waals surface area contributed by atoms with E-state index in [2.05, 4.69) is 16.5 Å². The summed E-state index contributed by atoms with van der Waals surface area (Å²) in [6.07, 6.45) is 0. The molecule has 9 nitrogen and oxygen atoms in total. The first-order chi connectivity index (χ1) is 15.8. The molecule has 164 valence electrons. The van der Waals surface area contributed by atoms with Crippen LogP contribution in [-0.4, -0.2) is 31.3 Å². The van der Waals surface area contributed by atoms with E-state index >= 15 is 0 Å². The number of nitriles is 1. The van der Waals surface area contributed by atoms with Crippen LogP contribution < -0.4 is 10.9 Å². The Labute approximate surface area is 188 Å². The van der Waals surface area contributed by atoms with Crippen molar-refractivity contribution in [2.75, 3.05) is 5.32 Å². The second kappa shape index (κ2) is 8.43. The number of nitrogens with one attached hydrogen (secondary N) is 1. The van der Waals surface area contributed by atoms with E-state index in [1.165, 1.54) is 12.1 Å². The van der Waals surface area contributed by atoms with E-state index in [9.17, 15) is 24.8 Å². The Bertz CT molecular complexity index is 1510. The molecule has 2 N–H and O–H groups in total. The molecular weight excluding hydrogens is 422 g/mol. The molecule has 0 unspecified atom stereocenters. The first kappa shape index (κ1) is 21.5. The molecule has 0 saturated heterocycles. The highest BCUT2D eigenvalue weighted by atomic mass is 16.4. The number of para-hydroxylation sites is 1. The van der Waals surface area contributed by atoms with Gasteiger partial charge < -0.3 is 10.4 Å². The molecule has 4 aromatic rings. The number of aromatic nitrogens is 3. The predicted octanol–water partition coefficient (Wildman–Crippen LogP) is 3.01. The Hall–Kier alpha value is -4.71. The van der Waals surface area contributed by atoms with Crippen LogP contribution in [0.5, 0.6) is 0 Å². The summed E-state index contributed by atoms with van der Waals surface area (Å²) in [5.74, 6) is -1.66. The average Bonchev–Trinajstić information content (AvgIpc) is 3.04. The molecule has 9 heteroatoms. The van der Waals surface area contributed by atoms with Gasteiger partial charge >= 0.3 is 5.97 Å². The van der Waals surface area contributed by atoms with E-state index in [0.29, 0.717) is 11.1 Å². The van der Waals surface area contributed by atoms with Crippen LogP contribution in [0, 0.1) is 25.2 Å². The van der Waals surface area contributed by atoms with Gasteiger partial charge in [0.15, 0.2) is 5.69 Å². The SMILES string of the molecule is Cc1c(C#N)c(NC(=O)Cn2nc(C(=O)O)c3ccccc3c2=O)n(-c2ccccc2)c1C. The van der Waals surface area contributed by atoms with Crippen LogP contribution in [0.2, 0.25) is 0 Å². The van der Waals surface area contributed by atoms with E-state index in [1.807, 2.05) is 37.3 Å². The van der Waals surface area contributed by atoms with Crippen molar-refractivity contribution in [3.05, 3.63) is 87.5 Å². The number of aromatic carboxylic acids is 1. The summed E-state index contributed by atoms with van der Waals surface area (Å²) < 4.78 is 2.58. The van der Waals surface area contributed by atoms with Crippen molar-refractivity contribution in [1.82, 2.24) is 14.3 Å². The lowest BCUT2D eigenvalue weighted by atomic mass is 10.1. The Morgan fingerprint density at radius 3 is 2.33 bits per heavy atom.